The van der Waals surface area contributed by atoms with Gasteiger partial charge in [0.15, 0.2) is 0 Å². The van der Waals surface area contributed by atoms with Gasteiger partial charge in [-0.1, -0.05) is 43.2 Å². The van der Waals surface area contributed by atoms with Crippen molar-refractivity contribution in [3.63, 3.8) is 0 Å². The quantitative estimate of drug-likeness (QED) is 0.937. The fourth-order valence-electron chi connectivity index (χ4n) is 2.84. The van der Waals surface area contributed by atoms with Gasteiger partial charge >= 0.3 is 0 Å². The van der Waals surface area contributed by atoms with E-state index in [0.29, 0.717) is 6.04 Å². The molecule has 0 bridgehead atoms. The Labute approximate surface area is 125 Å². The van der Waals surface area contributed by atoms with Gasteiger partial charge in [0.05, 0.1) is 6.20 Å². The van der Waals surface area contributed by atoms with Crippen molar-refractivity contribution in [2.75, 3.05) is 0 Å². The van der Waals surface area contributed by atoms with Gasteiger partial charge in [0, 0.05) is 17.8 Å². The number of hydrogen-bond acceptors (Lipinski definition) is 2. The van der Waals surface area contributed by atoms with Crippen LogP contribution in [0.25, 0.3) is 11.1 Å². The van der Waals surface area contributed by atoms with E-state index in [1.807, 2.05) is 49.6 Å². The number of carbonyl (C=O) groups is 1. The van der Waals surface area contributed by atoms with Gasteiger partial charge in [-0.05, 0) is 25.3 Å². The van der Waals surface area contributed by atoms with Gasteiger partial charge in [-0.3, -0.25) is 9.48 Å². The van der Waals surface area contributed by atoms with Gasteiger partial charge in [-0.25, -0.2) is 0 Å². The molecule has 4 nitrogen and oxygen atoms in total. The Bertz CT molecular complexity index is 600. The highest BCUT2D eigenvalue weighted by Crippen LogP contribution is 2.21. The molecule has 0 radical (unpaired) electrons. The van der Waals surface area contributed by atoms with Crippen molar-refractivity contribution in [1.82, 2.24) is 15.1 Å². The molecule has 1 unspecified atom stereocenters. The second-order valence-corrected chi connectivity index (χ2v) is 5.74. The third kappa shape index (κ3) is 3.15. The van der Waals surface area contributed by atoms with Crippen molar-refractivity contribution in [2.24, 2.45) is 0 Å². The van der Waals surface area contributed by atoms with Crippen LogP contribution in [-0.2, 0) is 4.79 Å². The topological polar surface area (TPSA) is 46.9 Å². The lowest BCUT2D eigenvalue weighted by atomic mass is 10.1. The number of nitrogens with zero attached hydrogens (tertiary/aromatic N) is 2. The van der Waals surface area contributed by atoms with Crippen LogP contribution in [0, 0.1) is 0 Å². The van der Waals surface area contributed by atoms with Gasteiger partial charge < -0.3 is 5.32 Å². The molecule has 0 spiro atoms. The molecule has 3 rings (SSSR count). The van der Waals surface area contributed by atoms with Crippen LogP contribution in [0.15, 0.2) is 42.7 Å². The van der Waals surface area contributed by atoms with Crippen LogP contribution < -0.4 is 5.32 Å². The maximum Gasteiger partial charge on any atom is 0.244 e. The Morgan fingerprint density at radius 3 is 2.67 bits per heavy atom. The van der Waals surface area contributed by atoms with E-state index < -0.39 is 0 Å². The fraction of sp³-hybridized carbons (Fsp3) is 0.412. The van der Waals surface area contributed by atoms with Crippen LogP contribution in [0.4, 0.5) is 0 Å². The molecule has 110 valence electrons. The van der Waals surface area contributed by atoms with E-state index in [2.05, 4.69) is 10.4 Å². The number of nitrogens with one attached hydrogen (secondary N) is 1. The zero-order chi connectivity index (χ0) is 14.7. The molecule has 0 aliphatic heterocycles. The highest BCUT2D eigenvalue weighted by atomic mass is 16.2. The van der Waals surface area contributed by atoms with Crippen molar-refractivity contribution in [3.05, 3.63) is 42.7 Å². The molecule has 1 N–H and O–H groups in total. The number of aromatic nitrogens is 2. The average Bonchev–Trinajstić information content (AvgIpc) is 3.18. The highest BCUT2D eigenvalue weighted by molar-refractivity contribution is 5.80. The van der Waals surface area contributed by atoms with Crippen molar-refractivity contribution in [1.29, 1.82) is 0 Å². The molecule has 1 heterocycles. The molecular weight excluding hydrogens is 262 g/mol. The number of hydrogen-bond donors (Lipinski definition) is 1. The first kappa shape index (κ1) is 13.9. The normalized spacial score (nSPS) is 16.8. The minimum Gasteiger partial charge on any atom is -0.352 e. The standard InChI is InChI=1S/C17H21N3O/c1-13(17(21)19-16-9-5-6-10-16)20-12-15(11-18-20)14-7-3-2-4-8-14/h2-4,7-8,11-13,16H,5-6,9-10H2,1H3,(H,19,21). The summed E-state index contributed by atoms with van der Waals surface area (Å²) in [5.74, 6) is 0.0598. The highest BCUT2D eigenvalue weighted by Gasteiger charge is 2.22. The average molecular weight is 283 g/mol. The summed E-state index contributed by atoms with van der Waals surface area (Å²) in [5.41, 5.74) is 2.16. The molecule has 1 fully saturated rings. The minimum absolute atomic E-state index is 0.0598. The van der Waals surface area contributed by atoms with Crippen LogP contribution in [0.2, 0.25) is 0 Å². The second-order valence-electron chi connectivity index (χ2n) is 5.74. The van der Waals surface area contributed by atoms with E-state index in [4.69, 9.17) is 0 Å². The molecule has 1 aliphatic rings. The van der Waals surface area contributed by atoms with Gasteiger partial charge in [-0.15, -0.1) is 0 Å². The van der Waals surface area contributed by atoms with E-state index in [1.54, 1.807) is 4.68 Å². The number of amides is 1. The lowest BCUT2D eigenvalue weighted by Crippen LogP contribution is -2.37. The summed E-state index contributed by atoms with van der Waals surface area (Å²) < 4.78 is 1.74. The third-order valence-electron chi connectivity index (χ3n) is 4.19. The minimum atomic E-state index is -0.275. The van der Waals surface area contributed by atoms with E-state index in [0.717, 1.165) is 24.0 Å². The van der Waals surface area contributed by atoms with Crippen molar-refractivity contribution in [2.45, 2.75) is 44.7 Å². The molecule has 1 saturated carbocycles. The molecular formula is C17H21N3O. The maximum atomic E-state index is 12.3. The monoisotopic (exact) mass is 283 g/mol. The molecule has 1 aromatic heterocycles. The number of carbonyl (C=O) groups excluding carboxylic acids is 1. The predicted octanol–water partition coefficient (Wildman–Crippen LogP) is 3.17. The summed E-state index contributed by atoms with van der Waals surface area (Å²) in [6, 6.07) is 10.2. The summed E-state index contributed by atoms with van der Waals surface area (Å²) >= 11 is 0. The summed E-state index contributed by atoms with van der Waals surface area (Å²) in [5, 5.41) is 7.47. The van der Waals surface area contributed by atoms with Crippen LogP contribution >= 0.6 is 0 Å². The summed E-state index contributed by atoms with van der Waals surface area (Å²) in [6.07, 6.45) is 8.40. The Hall–Kier alpha value is -2.10. The largest absolute Gasteiger partial charge is 0.352 e. The van der Waals surface area contributed by atoms with Crippen molar-refractivity contribution < 1.29 is 4.79 Å². The maximum absolute atomic E-state index is 12.3. The molecule has 21 heavy (non-hydrogen) atoms. The Morgan fingerprint density at radius 2 is 1.95 bits per heavy atom. The number of benzene rings is 1. The van der Waals surface area contributed by atoms with Crippen LogP contribution in [0.3, 0.4) is 0 Å². The van der Waals surface area contributed by atoms with Crippen LogP contribution in [0.5, 0.6) is 0 Å². The van der Waals surface area contributed by atoms with E-state index in [1.165, 1.54) is 12.8 Å². The van der Waals surface area contributed by atoms with Crippen LogP contribution in [-0.4, -0.2) is 21.7 Å². The molecule has 1 aliphatic carbocycles. The molecule has 0 saturated heterocycles. The first-order valence-electron chi connectivity index (χ1n) is 7.64. The Morgan fingerprint density at radius 1 is 1.24 bits per heavy atom. The van der Waals surface area contributed by atoms with Crippen molar-refractivity contribution >= 4 is 5.91 Å². The Kier molecular flexibility index (Phi) is 4.04. The van der Waals surface area contributed by atoms with Gasteiger partial charge in [-0.2, -0.15) is 5.10 Å². The first-order valence-corrected chi connectivity index (χ1v) is 7.64. The van der Waals surface area contributed by atoms with Gasteiger partial charge in [0.25, 0.3) is 0 Å². The van der Waals surface area contributed by atoms with E-state index >= 15 is 0 Å². The fourth-order valence-corrected chi connectivity index (χ4v) is 2.84. The number of rotatable bonds is 4. The van der Waals surface area contributed by atoms with Crippen molar-refractivity contribution in [3.8, 4) is 11.1 Å². The second kappa shape index (κ2) is 6.12. The first-order chi connectivity index (χ1) is 10.2. The SMILES string of the molecule is CC(C(=O)NC1CCCC1)n1cc(-c2ccccc2)cn1. The Balaban J connectivity index is 1.69. The van der Waals surface area contributed by atoms with Gasteiger partial charge in [0.1, 0.15) is 6.04 Å². The third-order valence-corrected chi connectivity index (χ3v) is 4.19. The van der Waals surface area contributed by atoms with E-state index in [9.17, 15) is 4.79 Å². The summed E-state index contributed by atoms with van der Waals surface area (Å²) in [4.78, 5) is 12.3. The smallest absolute Gasteiger partial charge is 0.244 e. The summed E-state index contributed by atoms with van der Waals surface area (Å²) in [6.45, 7) is 1.89. The predicted molar refractivity (Wildman–Crippen MR) is 82.8 cm³/mol. The zero-order valence-electron chi connectivity index (χ0n) is 12.3. The van der Waals surface area contributed by atoms with Crippen LogP contribution in [0.1, 0.15) is 38.6 Å². The molecule has 1 atom stereocenters. The lowest BCUT2D eigenvalue weighted by molar-refractivity contribution is -0.124. The van der Waals surface area contributed by atoms with E-state index in [-0.39, 0.29) is 11.9 Å². The zero-order valence-corrected chi connectivity index (χ0v) is 12.3. The molecule has 2 aromatic rings. The molecule has 4 heteroatoms. The lowest BCUT2D eigenvalue weighted by Gasteiger charge is -2.16. The summed E-state index contributed by atoms with van der Waals surface area (Å²) in [7, 11) is 0. The molecule has 1 aromatic carbocycles. The van der Waals surface area contributed by atoms with Gasteiger partial charge in [0.2, 0.25) is 5.91 Å². The molecule has 1 amide bonds.